The van der Waals surface area contributed by atoms with Gasteiger partial charge >= 0.3 is 0 Å². The Hall–Kier alpha value is -3.41. The van der Waals surface area contributed by atoms with Crippen molar-refractivity contribution in [2.24, 2.45) is 4.99 Å². The smallest absolute Gasteiger partial charge is 0.252 e. The van der Waals surface area contributed by atoms with Crippen molar-refractivity contribution >= 4 is 60.8 Å². The number of nitrogens with one attached hydrogen (secondary N) is 1. The lowest BCUT2D eigenvalue weighted by atomic mass is 9.85. The van der Waals surface area contributed by atoms with Crippen LogP contribution in [0.3, 0.4) is 0 Å². The molecule has 5 rings (SSSR count). The van der Waals surface area contributed by atoms with Crippen molar-refractivity contribution in [3.8, 4) is 5.75 Å². The highest BCUT2D eigenvalue weighted by atomic mass is 79.9. The van der Waals surface area contributed by atoms with Gasteiger partial charge in [-0.1, -0.05) is 75.5 Å². The molecule has 4 aromatic rings. The first-order valence-electron chi connectivity index (χ1n) is 14.5. The second-order valence-electron chi connectivity index (χ2n) is 10.7. The lowest BCUT2D eigenvalue weighted by molar-refractivity contribution is -0.129. The molecule has 1 amide bonds. The number of aliphatic hydroxyl groups excluding tert-OH is 1. The van der Waals surface area contributed by atoms with Gasteiger partial charge < -0.3 is 19.9 Å². The van der Waals surface area contributed by atoms with Crippen molar-refractivity contribution in [3.63, 3.8) is 0 Å². The zero-order chi connectivity index (χ0) is 32.7. The number of rotatable bonds is 13. The van der Waals surface area contributed by atoms with Crippen LogP contribution in [0.25, 0.3) is 0 Å². The third kappa shape index (κ3) is 7.93. The van der Waals surface area contributed by atoms with E-state index < -0.39 is 27.4 Å². The van der Waals surface area contributed by atoms with E-state index in [1.807, 2.05) is 24.3 Å². The number of carbonyl (C=O) groups excluding carboxylic acids is 1. The van der Waals surface area contributed by atoms with Crippen LogP contribution in [-0.2, 0) is 25.9 Å². The Morgan fingerprint density at radius 1 is 0.978 bits per heavy atom. The van der Waals surface area contributed by atoms with Crippen LogP contribution in [0.4, 0.5) is 0 Å². The topological polar surface area (TPSA) is 114 Å². The number of carbonyl (C=O) groups is 1. The van der Waals surface area contributed by atoms with Gasteiger partial charge in [-0.15, -0.1) is 0 Å². The van der Waals surface area contributed by atoms with E-state index in [0.29, 0.717) is 45.5 Å². The summed E-state index contributed by atoms with van der Waals surface area (Å²) in [7, 11) is -3.79. The molecule has 0 fully saturated rings. The van der Waals surface area contributed by atoms with Gasteiger partial charge in [-0.3, -0.25) is 4.79 Å². The Morgan fingerprint density at radius 2 is 1.70 bits per heavy atom. The van der Waals surface area contributed by atoms with Crippen LogP contribution in [-0.4, -0.2) is 49.8 Å². The third-order valence-electron chi connectivity index (χ3n) is 7.49. The number of halogens is 3. The summed E-state index contributed by atoms with van der Waals surface area (Å²) < 4.78 is 40.0. The molecule has 4 aromatic carbocycles. The molecular weight excluding hydrogens is 715 g/mol. The number of aliphatic hydroxyl groups is 1. The first-order valence-corrected chi connectivity index (χ1v) is 17.7. The van der Waals surface area contributed by atoms with E-state index >= 15 is 0 Å². The number of benzene rings is 4. The summed E-state index contributed by atoms with van der Waals surface area (Å²) in [5.41, 5.74) is 0.279. The van der Waals surface area contributed by atoms with Gasteiger partial charge in [0, 0.05) is 36.0 Å². The molecule has 0 aromatic heterocycles. The second kappa shape index (κ2) is 15.0. The minimum atomic E-state index is -3.79. The molecule has 0 radical (unpaired) electrons. The van der Waals surface area contributed by atoms with Gasteiger partial charge in [-0.05, 0) is 71.8 Å². The normalized spacial score (nSPS) is 17.7. The van der Waals surface area contributed by atoms with E-state index in [0.717, 1.165) is 4.47 Å². The molecule has 0 unspecified atom stereocenters. The van der Waals surface area contributed by atoms with Crippen LogP contribution in [0.5, 0.6) is 5.75 Å². The highest BCUT2D eigenvalue weighted by Crippen LogP contribution is 2.43. The van der Waals surface area contributed by atoms with Crippen LogP contribution in [0.2, 0.25) is 10.0 Å². The Morgan fingerprint density at radius 3 is 2.37 bits per heavy atom. The molecule has 46 heavy (non-hydrogen) atoms. The summed E-state index contributed by atoms with van der Waals surface area (Å²) >= 11 is 15.8. The molecule has 0 spiro atoms. The molecule has 0 aliphatic carbocycles. The van der Waals surface area contributed by atoms with Crippen LogP contribution in [0.1, 0.15) is 35.6 Å². The Bertz CT molecular complexity index is 1810. The summed E-state index contributed by atoms with van der Waals surface area (Å²) in [5, 5.41) is 12.7. The standard InChI is InChI=1S/C34H31BrCl2N2O6S/c35-26-12-8-24(9-13-26)31-34(17-20-46(42,43)28-5-2-1-3-6-28,33(41)38-22-23-7-16-29(36)30(37)21-23)39-32(45-31)25-10-14-27(15-11-25)44-19-4-18-40/h1-3,5-16,21,31,40H,4,17-20,22H2,(H,38,41)/t31-,34-/m1/s1. The first kappa shape index (κ1) is 33.9. The van der Waals surface area contributed by atoms with Gasteiger partial charge in [-0.25, -0.2) is 13.4 Å². The molecule has 0 saturated heterocycles. The number of sulfone groups is 1. The maximum absolute atomic E-state index is 14.4. The highest BCUT2D eigenvalue weighted by molar-refractivity contribution is 9.10. The molecule has 1 aliphatic rings. The number of aliphatic imine (C=N–C) groups is 1. The van der Waals surface area contributed by atoms with Gasteiger partial charge in [0.1, 0.15) is 5.75 Å². The molecular formula is C34H31BrCl2N2O6S. The van der Waals surface area contributed by atoms with Crippen molar-refractivity contribution in [2.45, 2.75) is 35.9 Å². The Kier molecular flexibility index (Phi) is 11.1. The van der Waals surface area contributed by atoms with E-state index in [9.17, 15) is 13.2 Å². The molecule has 12 heteroatoms. The van der Waals surface area contributed by atoms with Crippen molar-refractivity contribution in [1.82, 2.24) is 5.32 Å². The molecule has 1 heterocycles. The summed E-state index contributed by atoms with van der Waals surface area (Å²) in [6.45, 7) is 0.479. The summed E-state index contributed by atoms with van der Waals surface area (Å²) in [4.78, 5) is 19.4. The third-order valence-corrected chi connectivity index (χ3v) is 10.5. The van der Waals surface area contributed by atoms with Crippen molar-refractivity contribution < 1.29 is 27.8 Å². The lowest BCUT2D eigenvalue weighted by Gasteiger charge is -2.30. The fourth-order valence-corrected chi connectivity index (χ4v) is 7.00. The van der Waals surface area contributed by atoms with Crippen LogP contribution in [0, 0.1) is 0 Å². The van der Waals surface area contributed by atoms with Gasteiger partial charge in [0.25, 0.3) is 5.91 Å². The predicted octanol–water partition coefficient (Wildman–Crippen LogP) is 6.95. The van der Waals surface area contributed by atoms with Crippen molar-refractivity contribution in [1.29, 1.82) is 0 Å². The predicted molar refractivity (Wildman–Crippen MR) is 182 cm³/mol. The van der Waals surface area contributed by atoms with E-state index in [-0.39, 0.29) is 36.1 Å². The summed E-state index contributed by atoms with van der Waals surface area (Å²) in [6, 6.07) is 27.5. The van der Waals surface area contributed by atoms with E-state index in [2.05, 4.69) is 21.2 Å². The second-order valence-corrected chi connectivity index (χ2v) is 14.5. The molecule has 240 valence electrons. The van der Waals surface area contributed by atoms with Gasteiger partial charge in [0.05, 0.1) is 27.3 Å². The molecule has 0 bridgehead atoms. The van der Waals surface area contributed by atoms with Gasteiger partial charge in [0.15, 0.2) is 21.5 Å². The zero-order valence-corrected chi connectivity index (χ0v) is 28.4. The average molecular weight is 747 g/mol. The SMILES string of the molecule is O=C(NCc1ccc(Cl)c(Cl)c1)[C@]1(CCS(=O)(=O)c2ccccc2)N=C(c2ccc(OCCCO)cc2)O[C@@H]1c1ccc(Br)cc1. The number of hydrogen-bond donors (Lipinski definition) is 2. The van der Waals surface area contributed by atoms with Gasteiger partial charge in [0.2, 0.25) is 5.90 Å². The molecule has 2 atom stereocenters. The largest absolute Gasteiger partial charge is 0.494 e. The van der Waals surface area contributed by atoms with E-state index in [1.54, 1.807) is 60.7 Å². The fraction of sp³-hybridized carbons (Fsp3) is 0.235. The molecule has 1 aliphatic heterocycles. The Labute approximate surface area is 286 Å². The van der Waals surface area contributed by atoms with Crippen LogP contribution >= 0.6 is 39.1 Å². The van der Waals surface area contributed by atoms with E-state index in [4.69, 9.17) is 42.8 Å². The van der Waals surface area contributed by atoms with E-state index in [1.165, 1.54) is 12.1 Å². The minimum absolute atomic E-state index is 0.0232. The minimum Gasteiger partial charge on any atom is -0.494 e. The monoisotopic (exact) mass is 744 g/mol. The van der Waals surface area contributed by atoms with Crippen LogP contribution in [0.15, 0.2) is 111 Å². The summed E-state index contributed by atoms with van der Waals surface area (Å²) in [6.07, 6.45) is -0.613. The molecule has 0 saturated carbocycles. The number of nitrogens with zero attached hydrogens (tertiary/aromatic N) is 1. The van der Waals surface area contributed by atoms with Crippen LogP contribution < -0.4 is 10.1 Å². The summed E-state index contributed by atoms with van der Waals surface area (Å²) in [5.74, 6) is -0.0765. The molecule has 2 N–H and O–H groups in total. The van der Waals surface area contributed by atoms with Crippen molar-refractivity contribution in [3.05, 3.63) is 128 Å². The fourth-order valence-electron chi connectivity index (χ4n) is 5.03. The Balaban J connectivity index is 1.54. The maximum atomic E-state index is 14.4. The number of hydrogen-bond acceptors (Lipinski definition) is 7. The zero-order valence-electron chi connectivity index (χ0n) is 24.5. The van der Waals surface area contributed by atoms with Crippen molar-refractivity contribution in [2.75, 3.05) is 19.0 Å². The van der Waals surface area contributed by atoms with Gasteiger partial charge in [-0.2, -0.15) is 0 Å². The first-order chi connectivity index (χ1) is 22.1. The quantitative estimate of drug-likeness (QED) is 0.143. The maximum Gasteiger partial charge on any atom is 0.252 e. The number of amides is 1. The average Bonchev–Trinajstić information content (AvgIpc) is 3.46. The lowest BCUT2D eigenvalue weighted by Crippen LogP contribution is -2.49. The highest BCUT2D eigenvalue weighted by Gasteiger charge is 2.53. The number of ether oxygens (including phenoxy) is 2. The molecule has 8 nitrogen and oxygen atoms in total.